The van der Waals surface area contributed by atoms with E-state index in [0.29, 0.717) is 0 Å². The van der Waals surface area contributed by atoms with Crippen LogP contribution in [0, 0.1) is 0 Å². The van der Waals surface area contributed by atoms with Crippen LogP contribution >= 0.6 is 0 Å². The van der Waals surface area contributed by atoms with Crippen molar-refractivity contribution in [2.75, 3.05) is 13.2 Å². The van der Waals surface area contributed by atoms with Crippen LogP contribution in [0.4, 0.5) is 0 Å². The van der Waals surface area contributed by atoms with Crippen molar-refractivity contribution in [3.05, 3.63) is 12.4 Å². The largest absolute Gasteiger partial charge is 0.300 e. The summed E-state index contributed by atoms with van der Waals surface area (Å²) in [7, 11) is 0. The Morgan fingerprint density at radius 2 is 2.67 bits per heavy atom. The Morgan fingerprint density at radius 1 is 1.67 bits per heavy atom. The number of amidine groups is 1. The molecule has 2 rings (SSSR count). The first-order valence-electron chi connectivity index (χ1n) is 3.17. The number of hydrogen-bond donors (Lipinski definition) is 1. The van der Waals surface area contributed by atoms with E-state index in [1.807, 2.05) is 12.4 Å². The maximum atomic E-state index is 4.18. The summed E-state index contributed by atoms with van der Waals surface area (Å²) in [6.45, 7) is 1.99. The average Bonchev–Trinajstić information content (AvgIpc) is 2.33. The van der Waals surface area contributed by atoms with Crippen LogP contribution in [0.1, 0.15) is 6.42 Å². The zero-order chi connectivity index (χ0) is 6.10. The maximum absolute atomic E-state index is 4.18. The molecular weight excluding hydrogens is 114 g/mol. The number of nitrogens with one attached hydrogen (secondary N) is 1. The molecule has 0 saturated heterocycles. The van der Waals surface area contributed by atoms with Crippen molar-refractivity contribution in [1.29, 1.82) is 0 Å². The molecule has 2 heterocycles. The van der Waals surface area contributed by atoms with Crippen LogP contribution in [0.2, 0.25) is 0 Å². The van der Waals surface area contributed by atoms with E-state index in [1.165, 1.54) is 5.84 Å². The number of nitrogens with zero attached hydrogens (tertiary/aromatic N) is 2. The summed E-state index contributed by atoms with van der Waals surface area (Å²) in [5, 5.41) is 7.43. The average molecular weight is 123 g/mol. The van der Waals surface area contributed by atoms with Crippen molar-refractivity contribution < 1.29 is 4.58 Å². The van der Waals surface area contributed by atoms with E-state index in [1.54, 1.807) is 0 Å². The fourth-order valence-electron chi connectivity index (χ4n) is 1.11. The molecule has 3 heteroatoms. The van der Waals surface area contributed by atoms with Crippen LogP contribution in [0.25, 0.3) is 0 Å². The first kappa shape index (κ1) is 4.99. The summed E-state index contributed by atoms with van der Waals surface area (Å²) < 4.78 is 2.13. The van der Waals surface area contributed by atoms with E-state index in [2.05, 4.69) is 15.2 Å². The van der Waals surface area contributed by atoms with E-state index >= 15 is 0 Å². The normalized spacial score (nSPS) is 24.0. The quantitative estimate of drug-likeness (QED) is 0.430. The summed E-state index contributed by atoms with van der Waals surface area (Å²) >= 11 is 0. The highest BCUT2D eigenvalue weighted by atomic mass is 15.2. The molecule has 2 aliphatic heterocycles. The highest BCUT2D eigenvalue weighted by Gasteiger charge is 2.22. The van der Waals surface area contributed by atoms with Gasteiger partial charge in [0.1, 0.15) is 12.9 Å². The van der Waals surface area contributed by atoms with Crippen LogP contribution in [-0.2, 0) is 0 Å². The van der Waals surface area contributed by atoms with Crippen molar-refractivity contribution in [2.24, 2.45) is 0 Å². The molecular formula is C6H9N3+. The molecule has 0 fully saturated rings. The molecule has 0 spiro atoms. The van der Waals surface area contributed by atoms with Crippen molar-refractivity contribution in [3.8, 4) is 0 Å². The molecule has 1 radical (unpaired) electrons. The molecule has 3 nitrogen and oxygen atoms in total. The van der Waals surface area contributed by atoms with E-state index in [0.717, 1.165) is 19.6 Å². The van der Waals surface area contributed by atoms with Gasteiger partial charge < -0.3 is 0 Å². The first-order valence-corrected chi connectivity index (χ1v) is 3.17. The third-order valence-corrected chi connectivity index (χ3v) is 1.61. The molecule has 0 aliphatic carbocycles. The lowest BCUT2D eigenvalue weighted by Crippen LogP contribution is -2.36. The zero-order valence-electron chi connectivity index (χ0n) is 5.17. The van der Waals surface area contributed by atoms with Crippen LogP contribution in [0.15, 0.2) is 12.4 Å². The van der Waals surface area contributed by atoms with Crippen LogP contribution in [0.5, 0.6) is 0 Å². The van der Waals surface area contributed by atoms with Gasteiger partial charge in [-0.25, -0.2) is 4.58 Å². The molecule has 9 heavy (non-hydrogen) atoms. The lowest BCUT2D eigenvalue weighted by atomic mass is 10.3. The van der Waals surface area contributed by atoms with Gasteiger partial charge in [-0.05, 0) is 0 Å². The Bertz CT molecular complexity index is 181. The first-order chi connectivity index (χ1) is 4.47. The maximum Gasteiger partial charge on any atom is 0.300 e. The van der Waals surface area contributed by atoms with Crippen molar-refractivity contribution in [1.82, 2.24) is 10.6 Å². The van der Waals surface area contributed by atoms with Crippen molar-refractivity contribution in [3.63, 3.8) is 0 Å². The number of hydrogen-bond acceptors (Lipinski definition) is 1. The van der Waals surface area contributed by atoms with E-state index in [9.17, 15) is 0 Å². The van der Waals surface area contributed by atoms with Crippen LogP contribution < -0.4 is 10.6 Å². The van der Waals surface area contributed by atoms with Gasteiger partial charge in [-0.2, -0.15) is 0 Å². The molecule has 1 N–H and O–H groups in total. The Kier molecular flexibility index (Phi) is 1.02. The SMILES string of the molecule is C1=C[N+]2=C(CCNC2)[N]1. The smallest absolute Gasteiger partial charge is 0.281 e. The molecule has 0 bridgehead atoms. The summed E-state index contributed by atoms with van der Waals surface area (Å²) in [4.78, 5) is 0. The van der Waals surface area contributed by atoms with Crippen LogP contribution in [0.3, 0.4) is 0 Å². The predicted octanol–water partition coefficient (Wildman–Crippen LogP) is -0.563. The molecule has 0 aromatic heterocycles. The second kappa shape index (κ2) is 1.84. The van der Waals surface area contributed by atoms with Gasteiger partial charge >= 0.3 is 5.84 Å². The van der Waals surface area contributed by atoms with Gasteiger partial charge in [0.25, 0.3) is 0 Å². The molecule has 0 atom stereocenters. The van der Waals surface area contributed by atoms with Gasteiger partial charge in [-0.15, -0.1) is 0 Å². The summed E-state index contributed by atoms with van der Waals surface area (Å²) in [6, 6.07) is 0. The monoisotopic (exact) mass is 123 g/mol. The zero-order valence-corrected chi connectivity index (χ0v) is 5.17. The third-order valence-electron chi connectivity index (χ3n) is 1.61. The molecule has 0 unspecified atom stereocenters. The lowest BCUT2D eigenvalue weighted by Gasteiger charge is -2.07. The molecule has 0 amide bonds. The van der Waals surface area contributed by atoms with Crippen molar-refractivity contribution >= 4 is 5.84 Å². The van der Waals surface area contributed by atoms with Gasteiger partial charge in [0.2, 0.25) is 0 Å². The standard InChI is InChI=1S/C6H9N3/c1-2-7-5-9-4-3-8-6(1)9/h3-4,7H,1-2,5H2/q+1. The minimum absolute atomic E-state index is 0.926. The van der Waals surface area contributed by atoms with E-state index in [-0.39, 0.29) is 0 Å². The van der Waals surface area contributed by atoms with Crippen molar-refractivity contribution in [2.45, 2.75) is 6.42 Å². The van der Waals surface area contributed by atoms with Gasteiger partial charge in [0.15, 0.2) is 6.20 Å². The van der Waals surface area contributed by atoms with Gasteiger partial charge in [-0.1, -0.05) is 5.32 Å². The summed E-state index contributed by atoms with van der Waals surface area (Å²) in [6.07, 6.45) is 4.91. The van der Waals surface area contributed by atoms with Gasteiger partial charge in [0, 0.05) is 6.54 Å². The Morgan fingerprint density at radius 3 is 3.56 bits per heavy atom. The third kappa shape index (κ3) is 0.733. The fraction of sp³-hybridized carbons (Fsp3) is 0.500. The minimum Gasteiger partial charge on any atom is -0.281 e. The molecule has 0 saturated carbocycles. The Balaban J connectivity index is 2.24. The minimum atomic E-state index is 0.926. The second-order valence-electron chi connectivity index (χ2n) is 2.22. The highest BCUT2D eigenvalue weighted by molar-refractivity contribution is 5.79. The summed E-state index contributed by atoms with van der Waals surface area (Å²) in [5.74, 6) is 1.20. The van der Waals surface area contributed by atoms with E-state index < -0.39 is 0 Å². The van der Waals surface area contributed by atoms with Gasteiger partial charge in [-0.3, -0.25) is 5.32 Å². The van der Waals surface area contributed by atoms with E-state index in [4.69, 9.17) is 0 Å². The van der Waals surface area contributed by atoms with Gasteiger partial charge in [0.05, 0.1) is 6.42 Å². The molecule has 0 aromatic rings. The lowest BCUT2D eigenvalue weighted by molar-refractivity contribution is -0.466. The molecule has 47 valence electrons. The fourth-order valence-corrected chi connectivity index (χ4v) is 1.11. The second-order valence-corrected chi connectivity index (χ2v) is 2.22. The Hall–Kier alpha value is -0.830. The van der Waals surface area contributed by atoms with Crippen LogP contribution in [-0.4, -0.2) is 23.6 Å². The highest BCUT2D eigenvalue weighted by Crippen LogP contribution is 1.97. The molecule has 0 aromatic carbocycles. The summed E-state index contributed by atoms with van der Waals surface area (Å²) in [5.41, 5.74) is 0. The molecule has 2 aliphatic rings. The topological polar surface area (TPSA) is 29.1 Å². The Labute approximate surface area is 54.1 Å². The predicted molar refractivity (Wildman–Crippen MR) is 34.0 cm³/mol. The number of rotatable bonds is 0.